The van der Waals surface area contributed by atoms with Gasteiger partial charge in [0.15, 0.2) is 18.9 Å². The molecule has 0 aromatic rings. The molecule has 0 radical (unpaired) electrons. The van der Waals surface area contributed by atoms with Gasteiger partial charge in [-0.1, -0.05) is 281 Å². The summed E-state index contributed by atoms with van der Waals surface area (Å²) >= 11 is 0. The number of carbonyl (C=O) groups excluding carboxylic acids is 1. The van der Waals surface area contributed by atoms with Crippen LogP contribution in [0.15, 0.2) is 158 Å². The smallest absolute Gasteiger partial charge is 0.220 e. The normalized spacial score (nSPS) is 26.5. The molecule has 12 N–H and O–H groups in total. The molecule has 17 unspecified atom stereocenters. The highest BCUT2D eigenvalue weighted by Crippen LogP contribution is 2.33. The molecular weight excluding hydrogens is 1350 g/mol. The van der Waals surface area contributed by atoms with E-state index in [9.17, 15) is 61.0 Å². The van der Waals surface area contributed by atoms with Gasteiger partial charge in [-0.25, -0.2) is 0 Å². The maximum atomic E-state index is 13.5. The molecule has 0 aromatic carbocycles. The van der Waals surface area contributed by atoms with E-state index in [1.807, 2.05) is 6.08 Å². The van der Waals surface area contributed by atoms with Crippen molar-refractivity contribution >= 4 is 5.91 Å². The second-order valence-electron chi connectivity index (χ2n) is 28.1. The van der Waals surface area contributed by atoms with Crippen molar-refractivity contribution in [2.75, 3.05) is 26.4 Å². The molecular formula is C87H143NO18. The van der Waals surface area contributed by atoms with Crippen molar-refractivity contribution < 1.29 is 89.4 Å². The molecule has 3 saturated heterocycles. The third-order valence-corrected chi connectivity index (χ3v) is 19.0. The van der Waals surface area contributed by atoms with Gasteiger partial charge in [0, 0.05) is 6.42 Å². The lowest BCUT2D eigenvalue weighted by molar-refractivity contribution is -0.379. The van der Waals surface area contributed by atoms with Crippen LogP contribution >= 0.6 is 0 Å². The molecule has 3 heterocycles. The molecule has 1 amide bonds. The van der Waals surface area contributed by atoms with Gasteiger partial charge in [-0.05, 0) is 122 Å². The van der Waals surface area contributed by atoms with Crippen molar-refractivity contribution in [1.82, 2.24) is 5.32 Å². The zero-order valence-electron chi connectivity index (χ0n) is 64.6. The monoisotopic (exact) mass is 1490 g/mol. The Kier molecular flexibility index (Phi) is 58.8. The maximum absolute atomic E-state index is 13.5. The van der Waals surface area contributed by atoms with Crippen molar-refractivity contribution in [3.8, 4) is 0 Å². The van der Waals surface area contributed by atoms with Crippen LogP contribution in [0.1, 0.15) is 251 Å². The van der Waals surface area contributed by atoms with Gasteiger partial charge < -0.3 is 89.9 Å². The fraction of sp³-hybridized carbons (Fsp3) is 0.690. The van der Waals surface area contributed by atoms with Crippen molar-refractivity contribution in [2.24, 2.45) is 0 Å². The van der Waals surface area contributed by atoms with E-state index in [2.05, 4.69) is 165 Å². The molecule has 0 aromatic heterocycles. The first-order valence-electron chi connectivity index (χ1n) is 40.7. The van der Waals surface area contributed by atoms with E-state index in [0.29, 0.717) is 12.8 Å². The lowest BCUT2D eigenvalue weighted by atomic mass is 9.96. The topological polar surface area (TPSA) is 307 Å². The second kappa shape index (κ2) is 65.2. The minimum absolute atomic E-state index is 0.212. The summed E-state index contributed by atoms with van der Waals surface area (Å²) in [5, 5.41) is 121. The van der Waals surface area contributed by atoms with Gasteiger partial charge in [-0.3, -0.25) is 4.79 Å². The standard InChI is InChI=1S/C87H143NO18/c1-3-5-7-9-11-13-15-17-19-21-23-25-27-28-29-30-31-32-33-34-35-36-37-38-39-40-41-42-43-45-47-49-51-53-55-57-59-61-63-65-75(93)88-70(71(92)64-62-60-58-56-54-52-50-48-46-44-26-24-22-20-18-16-14-12-10-8-6-4-2)69-101-85-81(99)78(96)83(73(67-90)103-85)106-87-82(100)79(97)84(74(68-91)104-87)105-86-80(98)77(95)76(94)72(66-89)102-86/h5,7,11,13,17,19,23,25,28-29,31-32,34-35,37-38,40-41,43,45-46,48,54,56,62,64,70-74,76-87,89-92,94-100H,3-4,6,8-10,12,14-16,18,20-22,24,26-27,30,33,36,39,42,44,47,49-53,55,57-61,63,65-69H2,1-2H3,(H,88,93)/b7-5-,13-11-,19-17-,25-23-,29-28-,32-31-,35-34-,38-37-,41-40-,45-43-,48-46+,56-54+,64-62+. The summed E-state index contributed by atoms with van der Waals surface area (Å²) in [6.07, 6.45) is 69.3. The Hall–Kier alpha value is -4.59. The molecule has 0 aliphatic carbocycles. The number of hydrogen-bond donors (Lipinski definition) is 12. The molecule has 19 nitrogen and oxygen atoms in total. The lowest BCUT2D eigenvalue weighted by Gasteiger charge is -2.48. The van der Waals surface area contributed by atoms with E-state index in [-0.39, 0.29) is 18.9 Å². The van der Waals surface area contributed by atoms with E-state index < -0.39 is 124 Å². The highest BCUT2D eigenvalue weighted by molar-refractivity contribution is 5.76. The van der Waals surface area contributed by atoms with Crippen molar-refractivity contribution in [3.05, 3.63) is 158 Å². The minimum Gasteiger partial charge on any atom is -0.394 e. The van der Waals surface area contributed by atoms with Crippen LogP contribution in [0.5, 0.6) is 0 Å². The van der Waals surface area contributed by atoms with E-state index in [4.69, 9.17) is 28.4 Å². The number of rotatable bonds is 62. The average Bonchev–Trinajstić information content (AvgIpc) is 0.780. The van der Waals surface area contributed by atoms with Gasteiger partial charge in [-0.2, -0.15) is 0 Å². The summed E-state index contributed by atoms with van der Waals surface area (Å²) in [5.41, 5.74) is 0. The van der Waals surface area contributed by atoms with Crippen LogP contribution < -0.4 is 5.32 Å². The van der Waals surface area contributed by atoms with Gasteiger partial charge in [0.2, 0.25) is 5.91 Å². The number of aliphatic hydroxyl groups excluding tert-OH is 11. The molecule has 0 spiro atoms. The van der Waals surface area contributed by atoms with Gasteiger partial charge in [-0.15, -0.1) is 0 Å². The Morgan fingerprint density at radius 3 is 1.06 bits per heavy atom. The predicted octanol–water partition coefficient (Wildman–Crippen LogP) is 14.0. The number of aliphatic hydroxyl groups is 11. The Labute approximate surface area is 637 Å². The predicted molar refractivity (Wildman–Crippen MR) is 424 cm³/mol. The first-order chi connectivity index (χ1) is 51.8. The van der Waals surface area contributed by atoms with Crippen LogP contribution in [0, 0.1) is 0 Å². The Balaban J connectivity index is 1.38. The number of amides is 1. The molecule has 0 bridgehead atoms. The van der Waals surface area contributed by atoms with Crippen LogP contribution in [0.3, 0.4) is 0 Å². The number of allylic oxidation sites excluding steroid dienone is 25. The summed E-state index contributed by atoms with van der Waals surface area (Å²) in [7, 11) is 0. The molecule has 17 atom stereocenters. The molecule has 106 heavy (non-hydrogen) atoms. The number of hydrogen-bond acceptors (Lipinski definition) is 18. The second-order valence-corrected chi connectivity index (χ2v) is 28.1. The zero-order chi connectivity index (χ0) is 76.7. The minimum atomic E-state index is -1.99. The first-order valence-corrected chi connectivity index (χ1v) is 40.7. The number of ether oxygens (including phenoxy) is 6. The SMILES string of the molecule is CC/C=C\C/C=C\C/C=C\C/C=C\C/C=C\C/C=C\C/C=C\C/C=C\C/C=C\C/C=C\CCCCCCCCCCC(=O)NC(COC1OC(CO)C(OC2OC(CO)C(OC3OC(CO)C(O)C(O)C3O)C(O)C2O)C(O)C1O)C(O)/C=C/CC/C=C/CC/C=C/CCCCCCCCCCCCCC. The molecule has 3 aliphatic heterocycles. The largest absolute Gasteiger partial charge is 0.394 e. The number of unbranched alkanes of at least 4 members (excludes halogenated alkanes) is 22. The van der Waals surface area contributed by atoms with E-state index >= 15 is 0 Å². The third-order valence-electron chi connectivity index (χ3n) is 19.0. The Morgan fingerprint density at radius 2 is 0.660 bits per heavy atom. The van der Waals surface area contributed by atoms with Crippen molar-refractivity contribution in [2.45, 2.75) is 356 Å². The quantitative estimate of drug-likeness (QED) is 0.0199. The fourth-order valence-corrected chi connectivity index (χ4v) is 12.5. The fourth-order valence-electron chi connectivity index (χ4n) is 12.5. The molecule has 3 rings (SSSR count). The van der Waals surface area contributed by atoms with Crippen LogP contribution in [-0.2, 0) is 33.2 Å². The van der Waals surface area contributed by atoms with E-state index in [0.717, 1.165) is 135 Å². The summed E-state index contributed by atoms with van der Waals surface area (Å²) in [6.45, 7) is 1.58. The average molecular weight is 1490 g/mol. The van der Waals surface area contributed by atoms with Gasteiger partial charge in [0.25, 0.3) is 0 Å². The number of nitrogens with one attached hydrogen (secondary N) is 1. The Bertz CT molecular complexity index is 2530. The summed E-state index contributed by atoms with van der Waals surface area (Å²) in [4.78, 5) is 13.5. The molecule has 3 aliphatic rings. The number of carbonyl (C=O) groups is 1. The van der Waals surface area contributed by atoms with Crippen molar-refractivity contribution in [1.29, 1.82) is 0 Å². The van der Waals surface area contributed by atoms with Gasteiger partial charge in [0.1, 0.15) is 73.2 Å². The van der Waals surface area contributed by atoms with Gasteiger partial charge in [0.05, 0.1) is 38.6 Å². The molecule has 0 saturated carbocycles. The molecule has 3 fully saturated rings. The first kappa shape index (κ1) is 95.6. The highest BCUT2D eigenvalue weighted by atomic mass is 16.8. The lowest BCUT2D eigenvalue weighted by Crippen LogP contribution is -2.66. The zero-order valence-corrected chi connectivity index (χ0v) is 64.6. The third kappa shape index (κ3) is 44.3. The molecule has 604 valence electrons. The van der Waals surface area contributed by atoms with Crippen LogP contribution in [0.4, 0.5) is 0 Å². The van der Waals surface area contributed by atoms with Crippen LogP contribution in [0.25, 0.3) is 0 Å². The maximum Gasteiger partial charge on any atom is 0.220 e. The van der Waals surface area contributed by atoms with E-state index in [1.54, 1.807) is 6.08 Å². The molecule has 19 heteroatoms. The summed E-state index contributed by atoms with van der Waals surface area (Å²) < 4.78 is 34.4. The highest BCUT2D eigenvalue weighted by Gasteiger charge is 2.54. The van der Waals surface area contributed by atoms with Crippen LogP contribution in [-0.4, -0.2) is 193 Å². The summed E-state index contributed by atoms with van der Waals surface area (Å²) in [6, 6.07) is -1.01. The Morgan fingerprint density at radius 1 is 0.349 bits per heavy atom. The van der Waals surface area contributed by atoms with Crippen LogP contribution in [0.2, 0.25) is 0 Å². The van der Waals surface area contributed by atoms with Gasteiger partial charge >= 0.3 is 0 Å². The van der Waals surface area contributed by atoms with Crippen molar-refractivity contribution in [3.63, 3.8) is 0 Å². The summed E-state index contributed by atoms with van der Waals surface area (Å²) in [5.74, 6) is -0.304. The van der Waals surface area contributed by atoms with E-state index in [1.165, 1.54) is 83.5 Å².